The fourth-order valence-electron chi connectivity index (χ4n) is 3.02. The van der Waals surface area contributed by atoms with Crippen LogP contribution in [-0.4, -0.2) is 23.2 Å². The lowest BCUT2D eigenvalue weighted by Gasteiger charge is -2.22. The number of rotatable bonds is 6. The van der Waals surface area contributed by atoms with Crippen LogP contribution >= 0.6 is 0 Å². The van der Waals surface area contributed by atoms with E-state index in [9.17, 15) is 17.2 Å². The number of sulfonamides is 1. The van der Waals surface area contributed by atoms with Crippen LogP contribution in [0.3, 0.4) is 0 Å². The van der Waals surface area contributed by atoms with E-state index in [0.717, 1.165) is 22.9 Å². The van der Waals surface area contributed by atoms with Crippen molar-refractivity contribution in [2.75, 3.05) is 0 Å². The van der Waals surface area contributed by atoms with Gasteiger partial charge in [0.2, 0.25) is 10.0 Å². The van der Waals surface area contributed by atoms with Crippen molar-refractivity contribution in [2.45, 2.75) is 38.3 Å². The first kappa shape index (κ1) is 20.1. The summed E-state index contributed by atoms with van der Waals surface area (Å²) in [7, 11) is -4.12. The molecule has 1 atom stereocenters. The molecule has 0 radical (unpaired) electrons. The molecule has 9 heteroatoms. The predicted octanol–water partition coefficient (Wildman–Crippen LogP) is 3.67. The maximum atomic E-state index is 13.0. The molecule has 0 saturated heterocycles. The smallest absolute Gasteiger partial charge is 0.265 e. The average Bonchev–Trinajstić information content (AvgIpc) is 3.05. The molecular formula is C19H20F2N4O2S. The number of pyridine rings is 1. The minimum atomic E-state index is -4.12. The minimum Gasteiger partial charge on any atom is -0.265 e. The Balaban J connectivity index is 2.08. The molecule has 1 aromatic carbocycles. The number of halogens is 2. The molecule has 0 unspecified atom stereocenters. The van der Waals surface area contributed by atoms with Crippen molar-refractivity contribution in [3.63, 3.8) is 0 Å². The van der Waals surface area contributed by atoms with E-state index in [2.05, 4.69) is 14.8 Å². The summed E-state index contributed by atoms with van der Waals surface area (Å²) in [5, 5.41) is 3.50. The van der Waals surface area contributed by atoms with Crippen LogP contribution in [0.1, 0.15) is 40.5 Å². The highest BCUT2D eigenvalue weighted by atomic mass is 32.2. The first-order chi connectivity index (χ1) is 13.2. The zero-order valence-corrected chi connectivity index (χ0v) is 16.4. The Kier molecular flexibility index (Phi) is 5.57. The van der Waals surface area contributed by atoms with Crippen LogP contribution in [0, 0.1) is 20.8 Å². The summed E-state index contributed by atoms with van der Waals surface area (Å²) in [4.78, 5) is 3.70. The van der Waals surface area contributed by atoms with Gasteiger partial charge in [-0.1, -0.05) is 23.8 Å². The molecule has 6 nitrogen and oxygen atoms in total. The second kappa shape index (κ2) is 7.76. The van der Waals surface area contributed by atoms with Gasteiger partial charge in [0.1, 0.15) is 4.90 Å². The highest BCUT2D eigenvalue weighted by Gasteiger charge is 2.28. The van der Waals surface area contributed by atoms with Crippen LogP contribution in [0.15, 0.2) is 53.8 Å². The lowest BCUT2D eigenvalue weighted by Crippen LogP contribution is -2.30. The third-order valence-corrected chi connectivity index (χ3v) is 6.06. The average molecular weight is 406 g/mol. The second-order valence-corrected chi connectivity index (χ2v) is 8.19. The van der Waals surface area contributed by atoms with E-state index in [1.165, 1.54) is 6.92 Å². The van der Waals surface area contributed by atoms with Crippen LogP contribution in [0.5, 0.6) is 0 Å². The number of hydrogen-bond acceptors (Lipinski definition) is 4. The van der Waals surface area contributed by atoms with E-state index in [-0.39, 0.29) is 10.6 Å². The van der Waals surface area contributed by atoms with Crippen molar-refractivity contribution >= 4 is 10.0 Å². The Labute approximate surface area is 162 Å². The zero-order chi connectivity index (χ0) is 20.5. The monoisotopic (exact) mass is 406 g/mol. The van der Waals surface area contributed by atoms with Crippen LogP contribution in [0.4, 0.5) is 8.78 Å². The Bertz CT molecular complexity index is 1080. The van der Waals surface area contributed by atoms with Gasteiger partial charge < -0.3 is 0 Å². The van der Waals surface area contributed by atoms with E-state index < -0.39 is 22.6 Å². The molecule has 1 N–H and O–H groups in total. The Morgan fingerprint density at radius 3 is 2.36 bits per heavy atom. The van der Waals surface area contributed by atoms with Gasteiger partial charge in [0.25, 0.3) is 0 Å². The maximum absolute atomic E-state index is 13.0. The van der Waals surface area contributed by atoms with Crippen LogP contribution < -0.4 is 4.72 Å². The van der Waals surface area contributed by atoms with Gasteiger partial charge in [-0.15, -0.1) is 0 Å². The molecule has 28 heavy (non-hydrogen) atoms. The van der Waals surface area contributed by atoms with Crippen molar-refractivity contribution in [1.29, 1.82) is 0 Å². The van der Waals surface area contributed by atoms with Crippen molar-refractivity contribution in [1.82, 2.24) is 19.5 Å². The first-order valence-corrected chi connectivity index (χ1v) is 10.0. The number of benzene rings is 1. The van der Waals surface area contributed by atoms with Crippen LogP contribution in [0.25, 0.3) is 0 Å². The van der Waals surface area contributed by atoms with Crippen LogP contribution in [-0.2, 0) is 10.0 Å². The Hall–Kier alpha value is -2.65. The molecule has 0 aliphatic carbocycles. The molecular weight excluding hydrogens is 386 g/mol. The van der Waals surface area contributed by atoms with Crippen molar-refractivity contribution in [3.05, 3.63) is 76.9 Å². The number of hydrogen-bond donors (Lipinski definition) is 1. The van der Waals surface area contributed by atoms with Crippen LogP contribution in [0.2, 0.25) is 0 Å². The van der Waals surface area contributed by atoms with Crippen molar-refractivity contribution in [2.24, 2.45) is 0 Å². The quantitative estimate of drug-likeness (QED) is 0.678. The molecule has 0 aliphatic rings. The molecule has 3 aromatic rings. The largest absolute Gasteiger partial charge is 0.333 e. The predicted molar refractivity (Wildman–Crippen MR) is 101 cm³/mol. The molecule has 2 heterocycles. The number of nitrogens with zero attached hydrogens (tertiary/aromatic N) is 3. The van der Waals surface area contributed by atoms with Crippen molar-refractivity contribution < 1.29 is 17.2 Å². The zero-order valence-electron chi connectivity index (χ0n) is 15.6. The van der Waals surface area contributed by atoms with Gasteiger partial charge in [-0.05, 0) is 49.6 Å². The molecule has 0 fully saturated rings. The summed E-state index contributed by atoms with van der Waals surface area (Å²) >= 11 is 0. The van der Waals surface area contributed by atoms with Gasteiger partial charge in [0.05, 0.1) is 17.9 Å². The SMILES string of the molecule is Cc1ccc(C)c([C@@H](NS(=O)(=O)c2cnn(C(F)F)c2C)c2ccncc2)c1. The molecule has 0 amide bonds. The molecule has 0 bridgehead atoms. The highest BCUT2D eigenvalue weighted by Crippen LogP contribution is 2.29. The molecule has 2 aromatic heterocycles. The van der Waals surface area contributed by atoms with E-state index in [4.69, 9.17) is 0 Å². The third-order valence-electron chi connectivity index (χ3n) is 4.53. The van der Waals surface area contributed by atoms with Gasteiger partial charge in [0, 0.05) is 12.4 Å². The topological polar surface area (TPSA) is 76.9 Å². The summed E-state index contributed by atoms with van der Waals surface area (Å²) < 4.78 is 55.1. The Morgan fingerprint density at radius 1 is 1.07 bits per heavy atom. The standard InChI is InChI=1S/C19H20F2N4O2S/c1-12-4-5-13(2)16(10-12)18(15-6-8-22-9-7-15)24-28(26,27)17-11-23-25(14(17)3)19(20)21/h4-11,18-19,24H,1-3H3/t18-/m0/s1. The fourth-order valence-corrected chi connectivity index (χ4v) is 4.39. The number of nitrogens with one attached hydrogen (secondary N) is 1. The minimum absolute atomic E-state index is 0.128. The van der Waals surface area contributed by atoms with E-state index in [0.29, 0.717) is 10.2 Å². The second-order valence-electron chi connectivity index (χ2n) is 6.51. The normalized spacial score (nSPS) is 13.1. The number of aryl methyl sites for hydroxylation is 2. The molecule has 3 rings (SSSR count). The fraction of sp³-hybridized carbons (Fsp3) is 0.263. The Morgan fingerprint density at radius 2 is 1.75 bits per heavy atom. The maximum Gasteiger partial charge on any atom is 0.333 e. The first-order valence-electron chi connectivity index (χ1n) is 8.52. The van der Waals surface area contributed by atoms with E-state index in [1.807, 2.05) is 32.0 Å². The van der Waals surface area contributed by atoms with E-state index in [1.54, 1.807) is 24.5 Å². The lowest BCUT2D eigenvalue weighted by molar-refractivity contribution is 0.0541. The van der Waals surface area contributed by atoms with Gasteiger partial charge >= 0.3 is 6.55 Å². The number of alkyl halides is 2. The molecule has 0 aliphatic heterocycles. The summed E-state index contributed by atoms with van der Waals surface area (Å²) in [6.07, 6.45) is 4.08. The summed E-state index contributed by atoms with van der Waals surface area (Å²) in [5.74, 6) is 0. The number of aromatic nitrogens is 3. The van der Waals surface area contributed by atoms with Gasteiger partial charge in [-0.2, -0.15) is 18.6 Å². The lowest BCUT2D eigenvalue weighted by atomic mass is 9.95. The third kappa shape index (κ3) is 3.95. The van der Waals surface area contributed by atoms with Gasteiger partial charge in [0.15, 0.2) is 0 Å². The van der Waals surface area contributed by atoms with Crippen molar-refractivity contribution in [3.8, 4) is 0 Å². The van der Waals surface area contributed by atoms with E-state index >= 15 is 0 Å². The molecule has 0 spiro atoms. The summed E-state index contributed by atoms with van der Waals surface area (Å²) in [6.45, 7) is 2.18. The summed E-state index contributed by atoms with van der Waals surface area (Å²) in [5.41, 5.74) is 3.20. The molecule has 0 saturated carbocycles. The van der Waals surface area contributed by atoms with Gasteiger partial charge in [-0.25, -0.2) is 13.1 Å². The van der Waals surface area contributed by atoms with Gasteiger partial charge in [-0.3, -0.25) is 4.98 Å². The highest BCUT2D eigenvalue weighted by molar-refractivity contribution is 7.89. The summed E-state index contributed by atoms with van der Waals surface area (Å²) in [6, 6.07) is 8.47. The molecule has 148 valence electrons.